The first kappa shape index (κ1) is 19.1. The van der Waals surface area contributed by atoms with Gasteiger partial charge in [-0.1, -0.05) is 29.1 Å². The van der Waals surface area contributed by atoms with E-state index in [9.17, 15) is 10.0 Å². The first-order chi connectivity index (χ1) is 13.7. The van der Waals surface area contributed by atoms with E-state index in [1.165, 1.54) is 11.3 Å². The number of benzene rings is 2. The SMILES string of the molecule is CCN1c2ccc(C(=O)c3cccs3)cc2Sc2cc(/C(CCl)=N\O)ccc21. The van der Waals surface area contributed by atoms with Crippen molar-refractivity contribution >= 4 is 57.6 Å². The first-order valence-corrected chi connectivity index (χ1v) is 11.0. The normalized spacial score (nSPS) is 13.2. The molecule has 2 aromatic carbocycles. The predicted molar refractivity (Wildman–Crippen MR) is 116 cm³/mol. The first-order valence-electron chi connectivity index (χ1n) is 8.75. The minimum Gasteiger partial charge on any atom is -0.411 e. The molecule has 0 fully saturated rings. The van der Waals surface area contributed by atoms with Crippen LogP contribution in [-0.4, -0.2) is 29.1 Å². The van der Waals surface area contributed by atoms with Crippen LogP contribution in [0.3, 0.4) is 0 Å². The second-order valence-corrected chi connectivity index (χ2v) is 8.50. The van der Waals surface area contributed by atoms with Crippen LogP contribution in [0.5, 0.6) is 0 Å². The maximum Gasteiger partial charge on any atom is 0.202 e. The Morgan fingerprint density at radius 1 is 1.11 bits per heavy atom. The van der Waals surface area contributed by atoms with Crippen LogP contribution >= 0.6 is 34.7 Å². The number of oxime groups is 1. The number of alkyl halides is 1. The van der Waals surface area contributed by atoms with Gasteiger partial charge in [0.25, 0.3) is 0 Å². The molecule has 0 unspecified atom stereocenters. The van der Waals surface area contributed by atoms with Crippen molar-refractivity contribution in [1.82, 2.24) is 0 Å². The van der Waals surface area contributed by atoms with Crippen molar-refractivity contribution in [3.63, 3.8) is 0 Å². The second kappa shape index (κ2) is 7.99. The summed E-state index contributed by atoms with van der Waals surface area (Å²) in [5.41, 5.74) is 4.08. The van der Waals surface area contributed by atoms with Crippen LogP contribution in [-0.2, 0) is 0 Å². The van der Waals surface area contributed by atoms with Gasteiger partial charge in [0.1, 0.15) is 5.71 Å². The zero-order chi connectivity index (χ0) is 19.7. The Morgan fingerprint density at radius 2 is 1.79 bits per heavy atom. The number of anilines is 2. The van der Waals surface area contributed by atoms with Crippen LogP contribution in [0, 0.1) is 0 Å². The van der Waals surface area contributed by atoms with Crippen LogP contribution in [0.25, 0.3) is 0 Å². The third-order valence-corrected chi connectivity index (χ3v) is 6.84. The Morgan fingerprint density at radius 3 is 2.36 bits per heavy atom. The van der Waals surface area contributed by atoms with Crippen molar-refractivity contribution in [3.05, 3.63) is 69.9 Å². The van der Waals surface area contributed by atoms with Crippen molar-refractivity contribution in [2.45, 2.75) is 16.7 Å². The fourth-order valence-corrected chi connectivity index (χ4v) is 5.33. The number of carbonyl (C=O) groups excluding carboxylic acids is 1. The van der Waals surface area contributed by atoms with Crippen LogP contribution in [0.4, 0.5) is 11.4 Å². The van der Waals surface area contributed by atoms with Crippen molar-refractivity contribution in [1.29, 1.82) is 0 Å². The average Bonchev–Trinajstić information content (AvgIpc) is 3.26. The molecule has 142 valence electrons. The van der Waals surface area contributed by atoms with Crippen LogP contribution in [0.2, 0.25) is 0 Å². The van der Waals surface area contributed by atoms with E-state index >= 15 is 0 Å². The Hall–Kier alpha value is -2.28. The molecule has 1 aromatic heterocycles. The van der Waals surface area contributed by atoms with Crippen molar-refractivity contribution < 1.29 is 10.0 Å². The van der Waals surface area contributed by atoms with Crippen molar-refractivity contribution in [2.24, 2.45) is 5.16 Å². The van der Waals surface area contributed by atoms with Gasteiger partial charge in [-0.05, 0) is 48.7 Å². The molecule has 1 aliphatic rings. The summed E-state index contributed by atoms with van der Waals surface area (Å²) in [5.74, 6) is 0.172. The highest BCUT2D eigenvalue weighted by Gasteiger charge is 2.24. The maximum atomic E-state index is 12.7. The molecule has 0 atom stereocenters. The fourth-order valence-electron chi connectivity index (χ4n) is 3.26. The van der Waals surface area contributed by atoms with E-state index in [1.54, 1.807) is 11.8 Å². The molecule has 28 heavy (non-hydrogen) atoms. The van der Waals surface area contributed by atoms with Gasteiger partial charge in [-0.2, -0.15) is 0 Å². The number of hydrogen-bond acceptors (Lipinski definition) is 6. The van der Waals surface area contributed by atoms with E-state index < -0.39 is 0 Å². The van der Waals surface area contributed by atoms with E-state index in [0.29, 0.717) is 11.3 Å². The van der Waals surface area contributed by atoms with E-state index in [-0.39, 0.29) is 11.7 Å². The molecule has 0 radical (unpaired) electrons. The topological polar surface area (TPSA) is 52.9 Å². The second-order valence-electron chi connectivity index (χ2n) is 6.20. The number of halogens is 1. The zero-order valence-corrected chi connectivity index (χ0v) is 17.4. The molecule has 1 N–H and O–H groups in total. The van der Waals surface area contributed by atoms with E-state index in [2.05, 4.69) is 17.0 Å². The molecule has 4 rings (SSSR count). The average molecular weight is 429 g/mol. The quantitative estimate of drug-likeness (QED) is 0.177. The molecule has 0 amide bonds. The van der Waals surface area contributed by atoms with Gasteiger partial charge in [0.05, 0.1) is 22.1 Å². The summed E-state index contributed by atoms with van der Waals surface area (Å²) in [5, 5.41) is 14.4. The maximum absolute atomic E-state index is 12.7. The summed E-state index contributed by atoms with van der Waals surface area (Å²) in [6, 6.07) is 15.5. The molecule has 0 saturated heterocycles. The summed E-state index contributed by atoms with van der Waals surface area (Å²) in [7, 11) is 0. The van der Waals surface area contributed by atoms with Gasteiger partial charge >= 0.3 is 0 Å². The fraction of sp³-hybridized carbons (Fsp3) is 0.143. The minimum absolute atomic E-state index is 0.0397. The predicted octanol–water partition coefficient (Wildman–Crippen LogP) is 6.02. The van der Waals surface area contributed by atoms with Gasteiger partial charge in [0.2, 0.25) is 5.78 Å². The van der Waals surface area contributed by atoms with Gasteiger partial charge in [0.15, 0.2) is 0 Å². The molecule has 7 heteroatoms. The lowest BCUT2D eigenvalue weighted by atomic mass is 10.1. The smallest absolute Gasteiger partial charge is 0.202 e. The number of hydrogen-bond donors (Lipinski definition) is 1. The number of ketones is 1. The highest BCUT2D eigenvalue weighted by atomic mass is 35.5. The van der Waals surface area contributed by atoms with Crippen LogP contribution in [0.1, 0.15) is 27.7 Å². The lowest BCUT2D eigenvalue weighted by Gasteiger charge is -2.32. The molecule has 0 saturated carbocycles. The van der Waals surface area contributed by atoms with Crippen LogP contribution < -0.4 is 4.90 Å². The number of carbonyl (C=O) groups is 1. The standard InChI is InChI=1S/C21H17ClN2O2S2/c1-2-24-16-7-5-13(15(12-22)23-26)10-19(16)28-20-11-14(6-8-17(20)24)21(25)18-4-3-9-27-18/h3-11,26H,2,12H2,1H3/b23-15-. The molecule has 1 aliphatic heterocycles. The minimum atomic E-state index is 0.0397. The van der Waals surface area contributed by atoms with Crippen molar-refractivity contribution in [2.75, 3.05) is 17.3 Å². The lowest BCUT2D eigenvalue weighted by molar-refractivity contribution is 0.104. The molecule has 0 bridgehead atoms. The monoisotopic (exact) mass is 428 g/mol. The van der Waals surface area contributed by atoms with Crippen molar-refractivity contribution in [3.8, 4) is 0 Å². The summed E-state index contributed by atoms with van der Waals surface area (Å²) in [6.07, 6.45) is 0. The number of thiophene rings is 1. The highest BCUT2D eigenvalue weighted by Crippen LogP contribution is 2.48. The summed E-state index contributed by atoms with van der Waals surface area (Å²) >= 11 is 8.95. The molecular weight excluding hydrogens is 412 g/mol. The third kappa shape index (κ3) is 3.32. The van der Waals surface area contributed by atoms with E-state index in [0.717, 1.165) is 38.2 Å². The molecular formula is C21H17ClN2O2S2. The zero-order valence-electron chi connectivity index (χ0n) is 15.1. The highest BCUT2D eigenvalue weighted by molar-refractivity contribution is 7.99. The van der Waals surface area contributed by atoms with Gasteiger partial charge < -0.3 is 10.1 Å². The number of fused-ring (bicyclic) bond motifs is 2. The Labute approximate surface area is 176 Å². The largest absolute Gasteiger partial charge is 0.411 e. The Bertz CT molecular complexity index is 1060. The summed E-state index contributed by atoms with van der Waals surface area (Å²) < 4.78 is 0. The van der Waals surface area contributed by atoms with Gasteiger partial charge in [-0.25, -0.2) is 0 Å². The number of rotatable bonds is 5. The molecule has 2 heterocycles. The van der Waals surface area contributed by atoms with Gasteiger partial charge in [0, 0.05) is 27.5 Å². The lowest BCUT2D eigenvalue weighted by Crippen LogP contribution is -2.20. The Balaban J connectivity index is 1.76. The third-order valence-electron chi connectivity index (χ3n) is 4.63. The van der Waals surface area contributed by atoms with E-state index in [1.807, 2.05) is 53.9 Å². The van der Waals surface area contributed by atoms with Gasteiger partial charge in [-0.3, -0.25) is 4.79 Å². The Kier molecular flexibility index (Phi) is 5.44. The van der Waals surface area contributed by atoms with Gasteiger partial charge in [-0.15, -0.1) is 22.9 Å². The summed E-state index contributed by atoms with van der Waals surface area (Å²) in [6.45, 7) is 2.90. The molecule has 3 aromatic rings. The molecule has 0 spiro atoms. The molecule has 0 aliphatic carbocycles. The van der Waals surface area contributed by atoms with E-state index in [4.69, 9.17) is 11.6 Å². The molecule has 4 nitrogen and oxygen atoms in total. The van der Waals surface area contributed by atoms with Crippen LogP contribution in [0.15, 0.2) is 68.9 Å². The number of nitrogens with zero attached hydrogens (tertiary/aromatic N) is 2. The summed E-state index contributed by atoms with van der Waals surface area (Å²) in [4.78, 5) is 17.8.